The molecule has 5 rings (SSSR count). The van der Waals surface area contributed by atoms with Gasteiger partial charge in [0.05, 0.1) is 23.9 Å². The van der Waals surface area contributed by atoms with E-state index in [2.05, 4.69) is 5.32 Å². The molecule has 0 saturated carbocycles. The van der Waals surface area contributed by atoms with Crippen LogP contribution in [-0.4, -0.2) is 33.9 Å². The first-order valence-corrected chi connectivity index (χ1v) is 12.8. The van der Waals surface area contributed by atoms with Crippen LogP contribution in [0.3, 0.4) is 0 Å². The Hall–Kier alpha value is -2.68. The van der Waals surface area contributed by atoms with E-state index in [1.54, 1.807) is 4.57 Å². The Kier molecular flexibility index (Phi) is 6.23. The number of hydrogen-bond acceptors (Lipinski definition) is 6. The zero-order valence-corrected chi connectivity index (χ0v) is 20.2. The average Bonchev–Trinajstić information content (AvgIpc) is 3.45. The number of hydrogen-bond donors (Lipinski definition) is 1. The molecule has 6 nitrogen and oxygen atoms in total. The predicted octanol–water partition coefficient (Wildman–Crippen LogP) is 5.14. The molecule has 0 aliphatic carbocycles. The van der Waals surface area contributed by atoms with Crippen LogP contribution in [0.15, 0.2) is 52.4 Å². The monoisotopic (exact) mass is 479 g/mol. The van der Waals surface area contributed by atoms with E-state index in [0.717, 1.165) is 40.8 Å². The first-order valence-electron chi connectivity index (χ1n) is 11.0. The van der Waals surface area contributed by atoms with Gasteiger partial charge in [-0.1, -0.05) is 36.0 Å². The molecule has 33 heavy (non-hydrogen) atoms. The number of fused-ring (bicyclic) bond motifs is 3. The molecule has 1 N–H and O–H groups in total. The molecule has 4 aromatic rings. The second-order valence-corrected chi connectivity index (χ2v) is 10.4. The van der Waals surface area contributed by atoms with Crippen LogP contribution in [0.25, 0.3) is 20.3 Å². The smallest absolute Gasteiger partial charge is 0.272 e. The summed E-state index contributed by atoms with van der Waals surface area (Å²) >= 11 is 2.77. The molecule has 8 heteroatoms. The van der Waals surface area contributed by atoms with Crippen molar-refractivity contribution in [2.24, 2.45) is 0 Å². The number of thioether (sulfide) groups is 1. The highest BCUT2D eigenvalue weighted by molar-refractivity contribution is 7.99. The average molecular weight is 480 g/mol. The Bertz CT molecular complexity index is 1400. The minimum atomic E-state index is -0.128. The normalized spacial score (nSPS) is 16.0. The lowest BCUT2D eigenvalue weighted by atomic mass is 10.1. The number of carbonyl (C=O) groups is 1. The van der Waals surface area contributed by atoms with E-state index in [-0.39, 0.29) is 23.3 Å². The predicted molar refractivity (Wildman–Crippen MR) is 136 cm³/mol. The molecule has 1 atom stereocenters. The van der Waals surface area contributed by atoms with Crippen molar-refractivity contribution in [3.8, 4) is 0 Å². The van der Waals surface area contributed by atoms with Crippen molar-refractivity contribution < 1.29 is 9.53 Å². The van der Waals surface area contributed by atoms with E-state index in [1.165, 1.54) is 28.7 Å². The highest BCUT2D eigenvalue weighted by atomic mass is 32.2. The third-order valence-corrected chi connectivity index (χ3v) is 8.10. The molecule has 1 amide bonds. The van der Waals surface area contributed by atoms with Crippen LogP contribution >= 0.6 is 23.1 Å². The van der Waals surface area contributed by atoms with E-state index in [4.69, 9.17) is 9.72 Å². The van der Waals surface area contributed by atoms with Gasteiger partial charge in [-0.2, -0.15) is 0 Å². The molecule has 3 heterocycles. The highest BCUT2D eigenvalue weighted by Gasteiger charge is 2.22. The quantitative estimate of drug-likeness (QED) is 0.306. The first-order chi connectivity index (χ1) is 16.0. The van der Waals surface area contributed by atoms with Crippen LogP contribution in [0.2, 0.25) is 0 Å². The fourth-order valence-corrected chi connectivity index (χ4v) is 5.96. The van der Waals surface area contributed by atoms with E-state index in [9.17, 15) is 9.59 Å². The number of nitrogens with zero attached hydrogens (tertiary/aromatic N) is 2. The maximum atomic E-state index is 13.5. The summed E-state index contributed by atoms with van der Waals surface area (Å²) in [6.45, 7) is 5.24. The van der Waals surface area contributed by atoms with E-state index < -0.39 is 0 Å². The third-order valence-electron chi connectivity index (χ3n) is 5.98. The van der Waals surface area contributed by atoms with E-state index >= 15 is 0 Å². The summed E-state index contributed by atoms with van der Waals surface area (Å²) in [5.74, 6) is 0.0368. The number of benzene rings is 2. The lowest BCUT2D eigenvalue weighted by Crippen LogP contribution is -2.28. The summed E-state index contributed by atoms with van der Waals surface area (Å²) in [4.78, 5) is 31.0. The largest absolute Gasteiger partial charge is 0.376 e. The Morgan fingerprint density at radius 3 is 2.88 bits per heavy atom. The molecule has 2 aromatic carbocycles. The second kappa shape index (κ2) is 9.29. The van der Waals surface area contributed by atoms with E-state index in [0.29, 0.717) is 21.9 Å². The number of thiophene rings is 1. The van der Waals surface area contributed by atoms with Crippen molar-refractivity contribution in [2.45, 2.75) is 44.5 Å². The Morgan fingerprint density at radius 2 is 2.09 bits per heavy atom. The van der Waals surface area contributed by atoms with Crippen LogP contribution in [0.4, 0.5) is 5.69 Å². The molecule has 0 bridgehead atoms. The summed E-state index contributed by atoms with van der Waals surface area (Å²) in [6.07, 6.45) is 1.92. The molecule has 170 valence electrons. The Balaban J connectivity index is 1.45. The van der Waals surface area contributed by atoms with Gasteiger partial charge in [-0.15, -0.1) is 11.3 Å². The molecular weight excluding hydrogens is 454 g/mol. The molecule has 1 aliphatic rings. The van der Waals surface area contributed by atoms with Crippen LogP contribution in [0, 0.1) is 13.8 Å². The van der Waals surface area contributed by atoms with Gasteiger partial charge in [0, 0.05) is 22.4 Å². The third kappa shape index (κ3) is 4.55. The summed E-state index contributed by atoms with van der Waals surface area (Å²) in [7, 11) is 0. The molecule has 1 aliphatic heterocycles. The van der Waals surface area contributed by atoms with Gasteiger partial charge in [0.1, 0.15) is 4.70 Å². The minimum absolute atomic E-state index is 0.0000356. The van der Waals surface area contributed by atoms with Crippen molar-refractivity contribution in [1.29, 1.82) is 0 Å². The van der Waals surface area contributed by atoms with Gasteiger partial charge in [-0.3, -0.25) is 14.2 Å². The van der Waals surface area contributed by atoms with Gasteiger partial charge < -0.3 is 10.1 Å². The molecule has 2 aromatic heterocycles. The fraction of sp³-hybridized carbons (Fsp3) is 0.320. The fourth-order valence-electron chi connectivity index (χ4n) is 4.06. The molecule has 1 fully saturated rings. The van der Waals surface area contributed by atoms with Gasteiger partial charge in [0.2, 0.25) is 5.91 Å². The van der Waals surface area contributed by atoms with Gasteiger partial charge >= 0.3 is 0 Å². The SMILES string of the molecule is Cc1ccc(NC(=O)CSc2nc3c(sc4ccccc43)c(=O)n2C[C@H]2CCCO2)cc1C. The number of rotatable bonds is 6. The maximum Gasteiger partial charge on any atom is 0.272 e. The number of aromatic nitrogens is 2. The molecule has 0 unspecified atom stereocenters. The summed E-state index contributed by atoms with van der Waals surface area (Å²) in [6, 6.07) is 13.8. The van der Waals surface area contributed by atoms with Gasteiger partial charge in [0.15, 0.2) is 5.16 Å². The zero-order valence-electron chi connectivity index (χ0n) is 18.6. The lowest BCUT2D eigenvalue weighted by molar-refractivity contribution is -0.113. The molecule has 1 saturated heterocycles. The van der Waals surface area contributed by atoms with Crippen molar-refractivity contribution in [2.75, 3.05) is 17.7 Å². The van der Waals surface area contributed by atoms with Crippen LogP contribution < -0.4 is 10.9 Å². The molecule has 0 spiro atoms. The van der Waals surface area contributed by atoms with Crippen molar-refractivity contribution in [3.63, 3.8) is 0 Å². The summed E-state index contributed by atoms with van der Waals surface area (Å²) in [5, 5.41) is 4.48. The van der Waals surface area contributed by atoms with E-state index in [1.807, 2.05) is 56.3 Å². The standard InChI is InChI=1S/C25H25N3O3S2/c1-15-9-10-17(12-16(15)2)26-21(29)14-32-25-27-22-19-7-3-4-8-20(19)33-23(22)24(30)28(25)13-18-6-5-11-31-18/h3-4,7-10,12,18H,5-6,11,13-14H2,1-2H3,(H,26,29)/t18-/m1/s1. The molecule has 0 radical (unpaired) electrons. The first kappa shape index (κ1) is 22.1. The number of amides is 1. The Labute approximate surface area is 200 Å². The number of carbonyl (C=O) groups excluding carboxylic acids is 1. The lowest BCUT2D eigenvalue weighted by Gasteiger charge is -2.15. The van der Waals surface area contributed by atoms with Crippen molar-refractivity contribution >= 4 is 55.0 Å². The number of ether oxygens (including phenoxy) is 1. The number of anilines is 1. The summed E-state index contributed by atoms with van der Waals surface area (Å²) in [5.41, 5.74) is 3.73. The van der Waals surface area contributed by atoms with Crippen molar-refractivity contribution in [3.05, 3.63) is 63.9 Å². The van der Waals surface area contributed by atoms with Gasteiger partial charge in [0.25, 0.3) is 5.56 Å². The topological polar surface area (TPSA) is 73.2 Å². The van der Waals surface area contributed by atoms with Crippen molar-refractivity contribution in [1.82, 2.24) is 9.55 Å². The number of nitrogens with one attached hydrogen (secondary N) is 1. The van der Waals surface area contributed by atoms with Crippen LogP contribution in [0.1, 0.15) is 24.0 Å². The van der Waals surface area contributed by atoms with Crippen LogP contribution in [-0.2, 0) is 16.1 Å². The second-order valence-electron chi connectivity index (χ2n) is 8.36. The zero-order chi connectivity index (χ0) is 22.9. The summed E-state index contributed by atoms with van der Waals surface area (Å²) < 4.78 is 9.18. The van der Waals surface area contributed by atoms with Gasteiger partial charge in [-0.05, 0) is 56.0 Å². The van der Waals surface area contributed by atoms with Gasteiger partial charge in [-0.25, -0.2) is 4.98 Å². The van der Waals surface area contributed by atoms with Crippen LogP contribution in [0.5, 0.6) is 0 Å². The number of aryl methyl sites for hydroxylation is 2. The molecular formula is C25H25N3O3S2. The maximum absolute atomic E-state index is 13.5. The minimum Gasteiger partial charge on any atom is -0.376 e. The highest BCUT2D eigenvalue weighted by Crippen LogP contribution is 2.32. The Morgan fingerprint density at radius 1 is 1.24 bits per heavy atom.